The van der Waals surface area contributed by atoms with Gasteiger partial charge in [0.15, 0.2) is 0 Å². The van der Waals surface area contributed by atoms with Crippen LogP contribution >= 0.6 is 0 Å². The molecule has 1 aliphatic heterocycles. The number of nitrogens with zero attached hydrogens (tertiary/aromatic N) is 2. The Kier molecular flexibility index (Phi) is 4.13. The van der Waals surface area contributed by atoms with Crippen LogP contribution in [0.1, 0.15) is 33.6 Å². The number of aromatic amines is 1. The predicted octanol–water partition coefficient (Wildman–Crippen LogP) is 0.126. The highest BCUT2D eigenvalue weighted by Crippen LogP contribution is 2.31. The lowest BCUT2D eigenvalue weighted by molar-refractivity contribution is 0.00327. The molecule has 118 valence electrons. The number of hydrogen-bond acceptors (Lipinski definition) is 5. The largest absolute Gasteiger partial charge is 0.386 e. The van der Waals surface area contributed by atoms with Crippen LogP contribution < -0.4 is 21.9 Å². The maximum absolute atomic E-state index is 12.0. The number of nitrogens with one attached hydrogen (secondary N) is 1. The van der Waals surface area contributed by atoms with Gasteiger partial charge in [-0.15, -0.1) is 0 Å². The second-order valence-electron chi connectivity index (χ2n) is 6.33. The molecule has 7 heteroatoms. The van der Waals surface area contributed by atoms with Crippen molar-refractivity contribution < 1.29 is 5.11 Å². The van der Waals surface area contributed by atoms with Gasteiger partial charge in [-0.2, -0.15) is 0 Å². The quantitative estimate of drug-likeness (QED) is 0.716. The Bertz CT molecular complexity index is 626. The van der Waals surface area contributed by atoms with E-state index < -0.39 is 16.9 Å². The summed E-state index contributed by atoms with van der Waals surface area (Å²) in [6.45, 7) is 7.13. The number of H-pyrrole nitrogens is 1. The number of hydrogen-bond donors (Lipinski definition) is 3. The Balaban J connectivity index is 2.33. The third kappa shape index (κ3) is 2.97. The van der Waals surface area contributed by atoms with E-state index in [9.17, 15) is 14.7 Å². The van der Waals surface area contributed by atoms with E-state index in [1.54, 1.807) is 4.90 Å². The lowest BCUT2D eigenvalue weighted by Crippen LogP contribution is -2.63. The number of β-amino-alcohol motifs (C(OH)–C–C–N with tert-alkyl or cyclic N) is 1. The molecule has 0 bridgehead atoms. The molecule has 2 rings (SSSR count). The zero-order valence-corrected chi connectivity index (χ0v) is 12.8. The average Bonchev–Trinajstić information content (AvgIpc) is 2.32. The first-order valence-corrected chi connectivity index (χ1v) is 7.37. The van der Waals surface area contributed by atoms with Crippen molar-refractivity contribution in [3.05, 3.63) is 20.8 Å². The van der Waals surface area contributed by atoms with Crippen molar-refractivity contribution in [1.29, 1.82) is 0 Å². The number of nitrogens with two attached hydrogens (primary N) is 1. The first-order valence-electron chi connectivity index (χ1n) is 7.37. The molecule has 0 spiro atoms. The molecule has 0 saturated carbocycles. The van der Waals surface area contributed by atoms with Gasteiger partial charge in [-0.05, 0) is 12.3 Å². The molecule has 0 amide bonds. The molecular weight excluding hydrogens is 272 g/mol. The average molecular weight is 296 g/mol. The fraction of sp³-hybridized carbons (Fsp3) is 0.714. The van der Waals surface area contributed by atoms with Crippen molar-refractivity contribution >= 4 is 11.5 Å². The molecule has 2 heterocycles. The van der Waals surface area contributed by atoms with Gasteiger partial charge in [0, 0.05) is 19.6 Å². The topological polar surface area (TPSA) is 104 Å². The van der Waals surface area contributed by atoms with Gasteiger partial charge in [0.05, 0.1) is 5.60 Å². The highest BCUT2D eigenvalue weighted by Gasteiger charge is 2.42. The van der Waals surface area contributed by atoms with E-state index in [-0.39, 0.29) is 17.4 Å². The second kappa shape index (κ2) is 5.55. The molecule has 1 aromatic heterocycles. The molecule has 1 fully saturated rings. The molecule has 0 radical (unpaired) electrons. The Labute approximate surface area is 123 Å². The van der Waals surface area contributed by atoms with E-state index in [0.717, 1.165) is 6.42 Å². The number of aliphatic hydroxyl groups is 1. The van der Waals surface area contributed by atoms with E-state index in [0.29, 0.717) is 26.1 Å². The minimum atomic E-state index is -0.757. The lowest BCUT2D eigenvalue weighted by atomic mass is 9.89. The number of aromatic nitrogens is 2. The van der Waals surface area contributed by atoms with Gasteiger partial charge in [-0.25, -0.2) is 4.79 Å². The minimum Gasteiger partial charge on any atom is -0.386 e. The van der Waals surface area contributed by atoms with Crippen LogP contribution in [0.15, 0.2) is 9.59 Å². The van der Waals surface area contributed by atoms with E-state index >= 15 is 0 Å². The fourth-order valence-corrected chi connectivity index (χ4v) is 2.88. The molecule has 21 heavy (non-hydrogen) atoms. The van der Waals surface area contributed by atoms with Crippen LogP contribution in [0.5, 0.6) is 0 Å². The van der Waals surface area contributed by atoms with Crippen molar-refractivity contribution in [3.8, 4) is 0 Å². The van der Waals surface area contributed by atoms with Crippen molar-refractivity contribution in [2.45, 2.75) is 45.8 Å². The minimum absolute atomic E-state index is 0.177. The molecule has 0 aromatic carbocycles. The second-order valence-corrected chi connectivity index (χ2v) is 6.33. The molecule has 4 N–H and O–H groups in total. The molecule has 0 aliphatic carbocycles. The third-order valence-electron chi connectivity index (χ3n) is 3.76. The third-order valence-corrected chi connectivity index (χ3v) is 3.76. The fourth-order valence-electron chi connectivity index (χ4n) is 2.88. The Morgan fingerprint density at radius 2 is 2.00 bits per heavy atom. The Morgan fingerprint density at radius 3 is 2.52 bits per heavy atom. The zero-order valence-electron chi connectivity index (χ0n) is 12.8. The van der Waals surface area contributed by atoms with Gasteiger partial charge in [0.1, 0.15) is 11.5 Å². The summed E-state index contributed by atoms with van der Waals surface area (Å²) in [6, 6.07) is 0. The standard InChI is InChI=1S/C14H24N4O3/c1-4-5-14(21)7-17(8-14)10-11(15)18(6-9(2)3)13(20)16-12(10)19/h9,21H,4-8,15H2,1-3H3,(H,16,19,20). The molecule has 0 atom stereocenters. The van der Waals surface area contributed by atoms with Crippen LogP contribution in [-0.4, -0.2) is 33.3 Å². The molecule has 7 nitrogen and oxygen atoms in total. The first-order chi connectivity index (χ1) is 9.77. The van der Waals surface area contributed by atoms with Gasteiger partial charge >= 0.3 is 5.69 Å². The van der Waals surface area contributed by atoms with Crippen LogP contribution in [0.4, 0.5) is 11.5 Å². The highest BCUT2D eigenvalue weighted by molar-refractivity contribution is 5.64. The predicted molar refractivity (Wildman–Crippen MR) is 82.6 cm³/mol. The van der Waals surface area contributed by atoms with Crippen LogP contribution in [0.2, 0.25) is 0 Å². The summed E-state index contributed by atoms with van der Waals surface area (Å²) in [5.74, 6) is 0.410. The molecule has 1 saturated heterocycles. The summed E-state index contributed by atoms with van der Waals surface area (Å²) in [7, 11) is 0. The monoisotopic (exact) mass is 296 g/mol. The summed E-state index contributed by atoms with van der Waals surface area (Å²) in [6.07, 6.45) is 1.57. The van der Waals surface area contributed by atoms with E-state index in [2.05, 4.69) is 4.98 Å². The Morgan fingerprint density at radius 1 is 1.38 bits per heavy atom. The first kappa shape index (κ1) is 15.6. The zero-order chi connectivity index (χ0) is 15.8. The van der Waals surface area contributed by atoms with Crippen LogP contribution in [0.25, 0.3) is 0 Å². The van der Waals surface area contributed by atoms with E-state index in [4.69, 9.17) is 5.73 Å². The maximum Gasteiger partial charge on any atom is 0.330 e. The van der Waals surface area contributed by atoms with Crippen LogP contribution in [-0.2, 0) is 6.54 Å². The van der Waals surface area contributed by atoms with E-state index in [1.165, 1.54) is 4.57 Å². The van der Waals surface area contributed by atoms with Crippen molar-refractivity contribution in [1.82, 2.24) is 9.55 Å². The van der Waals surface area contributed by atoms with Crippen LogP contribution in [0, 0.1) is 5.92 Å². The maximum atomic E-state index is 12.0. The molecule has 1 aliphatic rings. The van der Waals surface area contributed by atoms with Gasteiger partial charge in [-0.1, -0.05) is 27.2 Å². The molecule has 0 unspecified atom stereocenters. The number of anilines is 2. The summed E-state index contributed by atoms with van der Waals surface area (Å²) in [5, 5.41) is 10.2. The summed E-state index contributed by atoms with van der Waals surface area (Å²) in [5.41, 5.74) is 4.58. The molecule has 1 aromatic rings. The van der Waals surface area contributed by atoms with Gasteiger partial charge in [-0.3, -0.25) is 14.3 Å². The van der Waals surface area contributed by atoms with Gasteiger partial charge < -0.3 is 15.7 Å². The SMILES string of the molecule is CCCC1(O)CN(c2c(N)n(CC(C)C)c(=O)[nH]c2=O)C1. The van der Waals surface area contributed by atoms with Crippen molar-refractivity contribution in [3.63, 3.8) is 0 Å². The van der Waals surface area contributed by atoms with E-state index in [1.807, 2.05) is 20.8 Å². The summed E-state index contributed by atoms with van der Waals surface area (Å²) >= 11 is 0. The Hall–Kier alpha value is -1.76. The van der Waals surface area contributed by atoms with Gasteiger partial charge in [0.2, 0.25) is 0 Å². The van der Waals surface area contributed by atoms with Crippen molar-refractivity contribution in [2.24, 2.45) is 5.92 Å². The van der Waals surface area contributed by atoms with Gasteiger partial charge in [0.25, 0.3) is 5.56 Å². The molecular formula is C14H24N4O3. The number of rotatable bonds is 5. The normalized spacial score (nSPS) is 17.1. The smallest absolute Gasteiger partial charge is 0.330 e. The highest BCUT2D eigenvalue weighted by atomic mass is 16.3. The summed E-state index contributed by atoms with van der Waals surface area (Å²) < 4.78 is 1.39. The lowest BCUT2D eigenvalue weighted by Gasteiger charge is -2.47. The van der Waals surface area contributed by atoms with Crippen LogP contribution in [0.3, 0.4) is 0 Å². The summed E-state index contributed by atoms with van der Waals surface area (Å²) in [4.78, 5) is 27.9. The number of nitrogen functional groups attached to an aromatic ring is 1. The van der Waals surface area contributed by atoms with Crippen molar-refractivity contribution in [2.75, 3.05) is 23.7 Å².